The molecule has 0 aliphatic heterocycles. The fourth-order valence-electron chi connectivity index (χ4n) is 1.64. The number of halogens is 1. The number of amides is 1. The third-order valence-electron chi connectivity index (χ3n) is 2.68. The van der Waals surface area contributed by atoms with Crippen LogP contribution in [0.1, 0.15) is 10.5 Å². The van der Waals surface area contributed by atoms with Gasteiger partial charge in [-0.2, -0.15) is 0 Å². The SMILES string of the molecule is COc1cccc(N(C)C(=O)c2cccc(Br)n2)c1. The Hall–Kier alpha value is -1.88. The molecule has 0 fully saturated rings. The van der Waals surface area contributed by atoms with Gasteiger partial charge in [-0.1, -0.05) is 12.1 Å². The van der Waals surface area contributed by atoms with Crippen molar-refractivity contribution in [2.75, 3.05) is 19.1 Å². The van der Waals surface area contributed by atoms with Crippen LogP contribution >= 0.6 is 15.9 Å². The zero-order valence-electron chi connectivity index (χ0n) is 10.6. The lowest BCUT2D eigenvalue weighted by Gasteiger charge is -2.17. The average molecular weight is 321 g/mol. The number of carbonyl (C=O) groups is 1. The number of benzene rings is 1. The Morgan fingerprint density at radius 2 is 2.00 bits per heavy atom. The summed E-state index contributed by atoms with van der Waals surface area (Å²) in [6.45, 7) is 0. The lowest BCUT2D eigenvalue weighted by Crippen LogP contribution is -2.27. The molecule has 4 nitrogen and oxygen atoms in total. The summed E-state index contributed by atoms with van der Waals surface area (Å²) in [6, 6.07) is 12.6. The molecular weight excluding hydrogens is 308 g/mol. The molecule has 19 heavy (non-hydrogen) atoms. The van der Waals surface area contributed by atoms with Crippen LogP contribution < -0.4 is 9.64 Å². The van der Waals surface area contributed by atoms with Crippen molar-refractivity contribution in [1.82, 2.24) is 4.98 Å². The molecule has 0 unspecified atom stereocenters. The average Bonchev–Trinajstić information content (AvgIpc) is 2.45. The van der Waals surface area contributed by atoms with Gasteiger partial charge in [-0.15, -0.1) is 0 Å². The minimum Gasteiger partial charge on any atom is -0.497 e. The van der Waals surface area contributed by atoms with E-state index in [2.05, 4.69) is 20.9 Å². The molecule has 1 amide bonds. The topological polar surface area (TPSA) is 42.4 Å². The van der Waals surface area contributed by atoms with Gasteiger partial charge < -0.3 is 9.64 Å². The highest BCUT2D eigenvalue weighted by molar-refractivity contribution is 9.10. The van der Waals surface area contributed by atoms with Gasteiger partial charge in [0.05, 0.1) is 7.11 Å². The van der Waals surface area contributed by atoms with Crippen molar-refractivity contribution in [2.45, 2.75) is 0 Å². The van der Waals surface area contributed by atoms with Gasteiger partial charge in [-0.25, -0.2) is 4.98 Å². The normalized spacial score (nSPS) is 10.1. The van der Waals surface area contributed by atoms with Crippen LogP contribution in [-0.2, 0) is 0 Å². The van der Waals surface area contributed by atoms with Crippen LogP contribution in [0.25, 0.3) is 0 Å². The molecule has 0 N–H and O–H groups in total. The first kappa shape index (κ1) is 13.5. The van der Waals surface area contributed by atoms with Crippen LogP contribution in [0.4, 0.5) is 5.69 Å². The second kappa shape index (κ2) is 5.84. The zero-order chi connectivity index (χ0) is 13.8. The summed E-state index contributed by atoms with van der Waals surface area (Å²) in [6.07, 6.45) is 0. The van der Waals surface area contributed by atoms with Gasteiger partial charge in [0.2, 0.25) is 0 Å². The monoisotopic (exact) mass is 320 g/mol. The number of methoxy groups -OCH3 is 1. The van der Waals surface area contributed by atoms with Crippen molar-refractivity contribution in [1.29, 1.82) is 0 Å². The maximum Gasteiger partial charge on any atom is 0.276 e. The van der Waals surface area contributed by atoms with E-state index in [0.29, 0.717) is 16.0 Å². The van der Waals surface area contributed by atoms with Gasteiger partial charge in [0.25, 0.3) is 5.91 Å². The molecule has 0 aliphatic carbocycles. The van der Waals surface area contributed by atoms with Crippen molar-refractivity contribution in [2.24, 2.45) is 0 Å². The molecule has 1 aromatic heterocycles. The minimum atomic E-state index is -0.172. The molecule has 0 aliphatic rings. The van der Waals surface area contributed by atoms with E-state index in [4.69, 9.17) is 4.74 Å². The summed E-state index contributed by atoms with van der Waals surface area (Å²) in [4.78, 5) is 18.0. The molecule has 0 spiro atoms. The van der Waals surface area contributed by atoms with Gasteiger partial charge in [0.1, 0.15) is 16.0 Å². The molecule has 2 aromatic rings. The standard InChI is InChI=1S/C14H13BrN2O2/c1-17(10-5-3-6-11(9-10)19-2)14(18)12-7-4-8-13(15)16-12/h3-9H,1-2H3. The summed E-state index contributed by atoms with van der Waals surface area (Å²) in [5.74, 6) is 0.536. The molecule has 5 heteroatoms. The summed E-state index contributed by atoms with van der Waals surface area (Å²) < 4.78 is 5.78. The number of hydrogen-bond donors (Lipinski definition) is 0. The number of anilines is 1. The van der Waals surface area contributed by atoms with Crippen molar-refractivity contribution in [3.05, 3.63) is 52.8 Å². The number of nitrogens with zero attached hydrogens (tertiary/aromatic N) is 2. The van der Waals surface area contributed by atoms with Crippen LogP contribution in [0.3, 0.4) is 0 Å². The maximum absolute atomic E-state index is 12.3. The van der Waals surface area contributed by atoms with Gasteiger partial charge in [0.15, 0.2) is 0 Å². The third-order valence-corrected chi connectivity index (χ3v) is 3.12. The largest absolute Gasteiger partial charge is 0.497 e. The van der Waals surface area contributed by atoms with E-state index in [9.17, 15) is 4.79 Å². The van der Waals surface area contributed by atoms with E-state index < -0.39 is 0 Å². The van der Waals surface area contributed by atoms with Crippen LogP contribution in [-0.4, -0.2) is 25.0 Å². The lowest BCUT2D eigenvalue weighted by atomic mass is 10.2. The molecule has 0 atom stereocenters. The molecule has 0 bridgehead atoms. The fraction of sp³-hybridized carbons (Fsp3) is 0.143. The number of aromatic nitrogens is 1. The predicted molar refractivity (Wildman–Crippen MR) is 77.7 cm³/mol. The van der Waals surface area contributed by atoms with Gasteiger partial charge in [0, 0.05) is 18.8 Å². The number of ether oxygens (including phenoxy) is 1. The first-order valence-electron chi connectivity index (χ1n) is 5.66. The number of pyridine rings is 1. The highest BCUT2D eigenvalue weighted by Crippen LogP contribution is 2.21. The van der Waals surface area contributed by atoms with Crippen LogP contribution in [0.2, 0.25) is 0 Å². The van der Waals surface area contributed by atoms with Crippen molar-refractivity contribution in [3.63, 3.8) is 0 Å². The Labute approximate surface area is 120 Å². The summed E-state index contributed by atoms with van der Waals surface area (Å²) in [5.41, 5.74) is 1.14. The predicted octanol–water partition coefficient (Wildman–Crippen LogP) is 3.13. The second-order valence-corrected chi connectivity index (χ2v) is 4.72. The van der Waals surface area contributed by atoms with E-state index in [1.165, 1.54) is 4.90 Å². The molecule has 0 radical (unpaired) electrons. The highest BCUT2D eigenvalue weighted by atomic mass is 79.9. The van der Waals surface area contributed by atoms with Gasteiger partial charge >= 0.3 is 0 Å². The maximum atomic E-state index is 12.3. The fourth-order valence-corrected chi connectivity index (χ4v) is 1.98. The minimum absolute atomic E-state index is 0.172. The summed E-state index contributed by atoms with van der Waals surface area (Å²) in [7, 11) is 3.30. The van der Waals surface area contributed by atoms with E-state index in [1.54, 1.807) is 38.4 Å². The van der Waals surface area contributed by atoms with Crippen LogP contribution in [0, 0.1) is 0 Å². The molecule has 1 heterocycles. The Morgan fingerprint density at radius 1 is 1.26 bits per heavy atom. The number of rotatable bonds is 3. The van der Waals surface area contributed by atoms with E-state index in [0.717, 1.165) is 5.69 Å². The zero-order valence-corrected chi connectivity index (χ0v) is 12.2. The summed E-state index contributed by atoms with van der Waals surface area (Å²) >= 11 is 3.26. The van der Waals surface area contributed by atoms with Gasteiger partial charge in [-0.05, 0) is 40.2 Å². The lowest BCUT2D eigenvalue weighted by molar-refractivity contribution is 0.0988. The quantitative estimate of drug-likeness (QED) is 0.816. The van der Waals surface area contributed by atoms with Crippen molar-refractivity contribution in [3.8, 4) is 5.75 Å². The Balaban J connectivity index is 2.28. The molecule has 98 valence electrons. The molecule has 0 saturated heterocycles. The van der Waals surface area contributed by atoms with Crippen LogP contribution in [0.5, 0.6) is 5.75 Å². The Morgan fingerprint density at radius 3 is 2.68 bits per heavy atom. The van der Waals surface area contributed by atoms with E-state index >= 15 is 0 Å². The van der Waals surface area contributed by atoms with Gasteiger partial charge in [-0.3, -0.25) is 4.79 Å². The molecular formula is C14H13BrN2O2. The van der Waals surface area contributed by atoms with Crippen molar-refractivity contribution >= 4 is 27.5 Å². The molecule has 0 saturated carbocycles. The molecule has 1 aromatic carbocycles. The summed E-state index contributed by atoms with van der Waals surface area (Å²) in [5, 5.41) is 0. The number of hydrogen-bond acceptors (Lipinski definition) is 3. The number of carbonyl (C=O) groups excluding carboxylic acids is 1. The molecule has 2 rings (SSSR count). The van der Waals surface area contributed by atoms with E-state index in [-0.39, 0.29) is 5.91 Å². The first-order valence-corrected chi connectivity index (χ1v) is 6.46. The Kier molecular flexibility index (Phi) is 4.16. The first-order chi connectivity index (χ1) is 9.11. The smallest absolute Gasteiger partial charge is 0.276 e. The van der Waals surface area contributed by atoms with Crippen LogP contribution in [0.15, 0.2) is 47.1 Å². The van der Waals surface area contributed by atoms with Crippen molar-refractivity contribution < 1.29 is 9.53 Å². The highest BCUT2D eigenvalue weighted by Gasteiger charge is 2.15. The third kappa shape index (κ3) is 3.12. The Bertz CT molecular complexity index is 602. The van der Waals surface area contributed by atoms with E-state index in [1.807, 2.05) is 18.2 Å². The second-order valence-electron chi connectivity index (χ2n) is 3.91.